The number of carbonyl (C=O) groups excluding carboxylic acids is 1. The number of aliphatic hydroxyl groups is 1. The average Bonchev–Trinajstić information content (AvgIpc) is 3.65. The topological polar surface area (TPSA) is 99.2 Å². The van der Waals surface area contributed by atoms with Crippen molar-refractivity contribution in [1.29, 1.82) is 0 Å². The van der Waals surface area contributed by atoms with Gasteiger partial charge in [0.2, 0.25) is 0 Å². The standard InChI is InChI=1S/C27H31N5O2S/c1-18-3-11-22(12-4-18)35-27(13-2-14-27)23-17-24(28-15-16-33)32-25(31-23)19-5-7-20(8-6-19)29-26(34)30-21-9-10-21/h3-8,11-12,17,21,33H,2,9-10,13-16H2,1H3,(H,28,31,32)(H2,29,30,34). The van der Waals surface area contributed by atoms with E-state index in [1.165, 1.54) is 16.9 Å². The number of rotatable bonds is 9. The predicted octanol–water partition coefficient (Wildman–Crippen LogP) is 5.31. The number of hydrogen-bond acceptors (Lipinski definition) is 6. The molecule has 2 amide bonds. The van der Waals surface area contributed by atoms with Gasteiger partial charge in [0.1, 0.15) is 5.82 Å². The lowest BCUT2D eigenvalue weighted by Gasteiger charge is -2.41. The molecular weight excluding hydrogens is 458 g/mol. The quantitative estimate of drug-likeness (QED) is 0.325. The third-order valence-electron chi connectivity index (χ3n) is 6.42. The first kappa shape index (κ1) is 23.6. The summed E-state index contributed by atoms with van der Waals surface area (Å²) in [5.74, 6) is 1.34. The van der Waals surface area contributed by atoms with Gasteiger partial charge in [0.25, 0.3) is 0 Å². The number of anilines is 2. The average molecular weight is 490 g/mol. The predicted molar refractivity (Wildman–Crippen MR) is 141 cm³/mol. The van der Waals surface area contributed by atoms with E-state index >= 15 is 0 Å². The number of aliphatic hydroxyl groups excluding tert-OH is 1. The Morgan fingerprint density at radius 3 is 2.46 bits per heavy atom. The Hall–Kier alpha value is -3.10. The maximum atomic E-state index is 12.0. The Morgan fingerprint density at radius 1 is 1.09 bits per heavy atom. The summed E-state index contributed by atoms with van der Waals surface area (Å²) in [7, 11) is 0. The fraction of sp³-hybridized carbons (Fsp3) is 0.370. The lowest BCUT2D eigenvalue weighted by molar-refractivity contribution is 0.251. The minimum absolute atomic E-state index is 0.0290. The molecular formula is C27H31N5O2S. The lowest BCUT2D eigenvalue weighted by atomic mass is 9.81. The first-order valence-electron chi connectivity index (χ1n) is 12.2. The van der Waals surface area contributed by atoms with Gasteiger partial charge in [-0.05, 0) is 75.4 Å². The Bertz CT molecular complexity index is 1180. The van der Waals surface area contributed by atoms with E-state index < -0.39 is 0 Å². The number of aryl methyl sites for hydroxylation is 1. The van der Waals surface area contributed by atoms with Gasteiger partial charge in [-0.1, -0.05) is 17.7 Å². The van der Waals surface area contributed by atoms with Crippen LogP contribution in [0.5, 0.6) is 0 Å². The van der Waals surface area contributed by atoms with Crippen molar-refractivity contribution in [2.75, 3.05) is 23.8 Å². The molecule has 0 bridgehead atoms. The monoisotopic (exact) mass is 489 g/mol. The van der Waals surface area contributed by atoms with E-state index in [1.54, 1.807) is 0 Å². The fourth-order valence-corrected chi connectivity index (χ4v) is 5.53. The first-order valence-corrected chi connectivity index (χ1v) is 13.0. The van der Waals surface area contributed by atoms with E-state index in [-0.39, 0.29) is 17.4 Å². The zero-order valence-electron chi connectivity index (χ0n) is 19.9. The van der Waals surface area contributed by atoms with Crippen LogP contribution in [0.4, 0.5) is 16.3 Å². The van der Waals surface area contributed by atoms with Gasteiger partial charge in [-0.2, -0.15) is 0 Å². The van der Waals surface area contributed by atoms with Crippen molar-refractivity contribution >= 4 is 29.3 Å². The van der Waals surface area contributed by atoms with Crippen molar-refractivity contribution in [2.24, 2.45) is 0 Å². The Balaban J connectivity index is 1.41. The molecule has 4 N–H and O–H groups in total. The second kappa shape index (κ2) is 10.3. The highest BCUT2D eigenvalue weighted by molar-refractivity contribution is 8.00. The molecule has 0 unspecified atom stereocenters. The van der Waals surface area contributed by atoms with Crippen molar-refractivity contribution in [1.82, 2.24) is 15.3 Å². The van der Waals surface area contributed by atoms with Crippen molar-refractivity contribution in [2.45, 2.75) is 54.7 Å². The summed E-state index contributed by atoms with van der Waals surface area (Å²) in [6.07, 6.45) is 5.38. The van der Waals surface area contributed by atoms with E-state index in [4.69, 9.17) is 9.97 Å². The van der Waals surface area contributed by atoms with Gasteiger partial charge in [0.15, 0.2) is 5.82 Å². The van der Waals surface area contributed by atoms with E-state index in [9.17, 15) is 9.90 Å². The number of hydrogen-bond donors (Lipinski definition) is 4. The van der Waals surface area contributed by atoms with Crippen molar-refractivity contribution in [3.8, 4) is 11.4 Å². The SMILES string of the molecule is Cc1ccc(SC2(c3cc(NCCO)nc(-c4ccc(NC(=O)NC5CC5)cc4)n3)CCC2)cc1. The highest BCUT2D eigenvalue weighted by atomic mass is 32.2. The third-order valence-corrected chi connectivity index (χ3v) is 7.94. The van der Waals surface area contributed by atoms with Crippen LogP contribution in [0.1, 0.15) is 43.4 Å². The number of aromatic nitrogens is 2. The molecule has 2 aliphatic carbocycles. The van der Waals surface area contributed by atoms with Crippen LogP contribution < -0.4 is 16.0 Å². The fourth-order valence-electron chi connectivity index (χ4n) is 4.11. The third kappa shape index (κ3) is 5.77. The number of amides is 2. The first-order chi connectivity index (χ1) is 17.0. The van der Waals surface area contributed by atoms with E-state index in [2.05, 4.69) is 47.1 Å². The van der Waals surface area contributed by atoms with Gasteiger partial charge < -0.3 is 21.1 Å². The highest BCUT2D eigenvalue weighted by Crippen LogP contribution is 2.55. The molecule has 2 aliphatic rings. The Kier molecular flexibility index (Phi) is 6.92. The molecule has 0 aliphatic heterocycles. The number of nitrogens with one attached hydrogen (secondary N) is 3. The molecule has 2 fully saturated rings. The number of urea groups is 1. The van der Waals surface area contributed by atoms with Gasteiger partial charge in [-0.25, -0.2) is 14.8 Å². The van der Waals surface area contributed by atoms with Crippen LogP contribution in [0.15, 0.2) is 59.5 Å². The minimum Gasteiger partial charge on any atom is -0.395 e. The highest BCUT2D eigenvalue weighted by Gasteiger charge is 2.42. The summed E-state index contributed by atoms with van der Waals surface area (Å²) < 4.78 is -0.0923. The molecule has 1 heterocycles. The van der Waals surface area contributed by atoms with Crippen LogP contribution in [0.25, 0.3) is 11.4 Å². The second-order valence-corrected chi connectivity index (χ2v) is 10.8. The largest absolute Gasteiger partial charge is 0.395 e. The van der Waals surface area contributed by atoms with Crippen LogP contribution >= 0.6 is 11.8 Å². The summed E-state index contributed by atoms with van der Waals surface area (Å²) in [6, 6.07) is 18.4. The van der Waals surface area contributed by atoms with E-state index in [0.717, 1.165) is 42.6 Å². The summed E-state index contributed by atoms with van der Waals surface area (Å²) in [5, 5.41) is 18.4. The zero-order chi connectivity index (χ0) is 24.3. The van der Waals surface area contributed by atoms with Crippen LogP contribution in [-0.2, 0) is 4.75 Å². The molecule has 3 aromatic rings. The molecule has 182 valence electrons. The van der Waals surface area contributed by atoms with Crippen molar-refractivity contribution < 1.29 is 9.90 Å². The summed E-state index contributed by atoms with van der Waals surface area (Å²) in [4.78, 5) is 23.0. The zero-order valence-corrected chi connectivity index (χ0v) is 20.7. The lowest BCUT2D eigenvalue weighted by Crippen LogP contribution is -2.32. The molecule has 0 radical (unpaired) electrons. The van der Waals surface area contributed by atoms with Crippen LogP contribution in [0, 0.1) is 6.92 Å². The van der Waals surface area contributed by atoms with Crippen LogP contribution in [0.3, 0.4) is 0 Å². The summed E-state index contributed by atoms with van der Waals surface area (Å²) >= 11 is 1.87. The van der Waals surface area contributed by atoms with E-state index in [1.807, 2.05) is 42.1 Å². The molecule has 8 heteroatoms. The summed E-state index contributed by atoms with van der Waals surface area (Å²) in [5.41, 5.74) is 3.86. The van der Waals surface area contributed by atoms with Crippen molar-refractivity contribution in [3.05, 3.63) is 65.9 Å². The Morgan fingerprint density at radius 2 is 1.83 bits per heavy atom. The van der Waals surface area contributed by atoms with Gasteiger partial charge >= 0.3 is 6.03 Å². The second-order valence-electron chi connectivity index (χ2n) is 9.33. The smallest absolute Gasteiger partial charge is 0.319 e. The van der Waals surface area contributed by atoms with Crippen molar-refractivity contribution in [3.63, 3.8) is 0 Å². The van der Waals surface area contributed by atoms with Crippen LogP contribution in [-0.4, -0.2) is 40.3 Å². The van der Waals surface area contributed by atoms with Gasteiger partial charge in [0.05, 0.1) is 17.0 Å². The molecule has 1 aromatic heterocycles. The molecule has 0 saturated heterocycles. The maximum absolute atomic E-state index is 12.0. The summed E-state index contributed by atoms with van der Waals surface area (Å²) in [6.45, 7) is 2.55. The molecule has 35 heavy (non-hydrogen) atoms. The number of carbonyl (C=O) groups is 1. The van der Waals surface area contributed by atoms with Gasteiger partial charge in [-0.3, -0.25) is 0 Å². The molecule has 2 aromatic carbocycles. The molecule has 2 saturated carbocycles. The maximum Gasteiger partial charge on any atom is 0.319 e. The number of benzene rings is 2. The Labute approximate surface area is 210 Å². The van der Waals surface area contributed by atoms with E-state index in [0.29, 0.717) is 24.2 Å². The minimum atomic E-state index is -0.172. The normalized spacial score (nSPS) is 16.3. The molecule has 5 rings (SSSR count). The number of thioether (sulfide) groups is 1. The number of nitrogens with zero attached hydrogens (tertiary/aromatic N) is 2. The van der Waals surface area contributed by atoms with Crippen LogP contribution in [0.2, 0.25) is 0 Å². The van der Waals surface area contributed by atoms with Gasteiger partial charge in [0, 0.05) is 34.8 Å². The van der Waals surface area contributed by atoms with Gasteiger partial charge in [-0.15, -0.1) is 11.8 Å². The molecule has 7 nitrogen and oxygen atoms in total. The molecule has 0 spiro atoms. The molecule has 0 atom stereocenters.